The monoisotopic (exact) mass is 318 g/mol. The lowest BCUT2D eigenvalue weighted by Gasteiger charge is -2.18. The summed E-state index contributed by atoms with van der Waals surface area (Å²) in [6.07, 6.45) is 0.345. The predicted molar refractivity (Wildman–Crippen MR) is 87.5 cm³/mol. The number of aryl methyl sites for hydroxylation is 1. The molecular weight excluding hydrogens is 296 g/mol. The van der Waals surface area contributed by atoms with Crippen LogP contribution in [0.5, 0.6) is 23.0 Å². The van der Waals surface area contributed by atoms with Gasteiger partial charge in [-0.15, -0.1) is 0 Å². The minimum absolute atomic E-state index is 0.216. The maximum absolute atomic E-state index is 9.83. The molecule has 0 saturated heterocycles. The van der Waals surface area contributed by atoms with E-state index in [0.29, 0.717) is 6.42 Å². The van der Waals surface area contributed by atoms with E-state index in [0.717, 1.165) is 22.4 Å². The molecule has 2 N–H and O–H groups in total. The molecular formula is C18H22O5. The summed E-state index contributed by atoms with van der Waals surface area (Å²) in [4.78, 5) is 0. The number of benzene rings is 2. The van der Waals surface area contributed by atoms with Crippen LogP contribution in [0.25, 0.3) is 0 Å². The second-order valence-electron chi connectivity index (χ2n) is 5.32. The van der Waals surface area contributed by atoms with Crippen molar-refractivity contribution in [3.63, 3.8) is 0 Å². The highest BCUT2D eigenvalue weighted by atomic mass is 16.5. The average Bonchev–Trinajstić information content (AvgIpc) is 2.55. The fourth-order valence-corrected chi connectivity index (χ4v) is 2.57. The summed E-state index contributed by atoms with van der Waals surface area (Å²) in [5, 5.41) is 19.6. The van der Waals surface area contributed by atoms with E-state index in [9.17, 15) is 10.2 Å². The van der Waals surface area contributed by atoms with E-state index in [4.69, 9.17) is 14.2 Å². The Labute approximate surface area is 136 Å². The zero-order valence-electron chi connectivity index (χ0n) is 13.8. The first-order valence-electron chi connectivity index (χ1n) is 7.26. The van der Waals surface area contributed by atoms with Gasteiger partial charge < -0.3 is 24.4 Å². The molecule has 2 aromatic carbocycles. The molecule has 124 valence electrons. The van der Waals surface area contributed by atoms with Gasteiger partial charge in [-0.3, -0.25) is 0 Å². The standard InChI is InChI=1S/C18H22O5/c1-11-7-12(5-6-15(11)21-2)8-16(22-3)13-9-14(19)18(20)17(10-13)23-4/h5-7,9-10,16,19-20H,8H2,1-4H3/t16-/m1/s1. The Balaban J connectivity index is 2.30. The van der Waals surface area contributed by atoms with Gasteiger partial charge in [0, 0.05) is 13.5 Å². The molecule has 0 bridgehead atoms. The van der Waals surface area contributed by atoms with E-state index in [1.807, 2.05) is 25.1 Å². The van der Waals surface area contributed by atoms with Gasteiger partial charge in [0.2, 0.25) is 5.75 Å². The maximum atomic E-state index is 9.83. The summed E-state index contributed by atoms with van der Waals surface area (Å²) in [5.41, 5.74) is 2.86. The summed E-state index contributed by atoms with van der Waals surface area (Å²) >= 11 is 0. The molecule has 0 aliphatic rings. The quantitative estimate of drug-likeness (QED) is 0.799. The molecule has 0 fully saturated rings. The van der Waals surface area contributed by atoms with Gasteiger partial charge in [0.15, 0.2) is 11.5 Å². The molecule has 0 heterocycles. The Morgan fingerprint density at radius 3 is 2.22 bits per heavy atom. The van der Waals surface area contributed by atoms with Crippen molar-refractivity contribution in [2.75, 3.05) is 21.3 Å². The summed E-state index contributed by atoms with van der Waals surface area (Å²) in [6, 6.07) is 9.10. The Kier molecular flexibility index (Phi) is 5.34. The molecule has 2 aromatic rings. The molecule has 2 rings (SSSR count). The molecule has 0 radical (unpaired) electrons. The van der Waals surface area contributed by atoms with Crippen LogP contribution in [-0.2, 0) is 11.2 Å². The third kappa shape index (κ3) is 3.68. The van der Waals surface area contributed by atoms with E-state index in [1.165, 1.54) is 13.2 Å². The summed E-state index contributed by atoms with van der Waals surface area (Å²) in [5.74, 6) is 0.554. The van der Waals surface area contributed by atoms with Crippen molar-refractivity contribution >= 4 is 0 Å². The largest absolute Gasteiger partial charge is 0.504 e. The van der Waals surface area contributed by atoms with Crippen LogP contribution in [0.3, 0.4) is 0 Å². The second kappa shape index (κ2) is 7.24. The van der Waals surface area contributed by atoms with Crippen molar-refractivity contribution in [2.24, 2.45) is 0 Å². The number of phenolic OH excluding ortho intramolecular Hbond substituents is 2. The first-order valence-corrected chi connectivity index (χ1v) is 7.26. The lowest BCUT2D eigenvalue weighted by Crippen LogP contribution is -2.06. The Morgan fingerprint density at radius 1 is 0.957 bits per heavy atom. The van der Waals surface area contributed by atoms with Gasteiger partial charge in [-0.25, -0.2) is 0 Å². The molecule has 0 spiro atoms. The van der Waals surface area contributed by atoms with Crippen LogP contribution >= 0.6 is 0 Å². The summed E-state index contributed by atoms with van der Waals surface area (Å²) < 4.78 is 15.9. The molecule has 0 unspecified atom stereocenters. The lowest BCUT2D eigenvalue weighted by molar-refractivity contribution is 0.103. The third-order valence-electron chi connectivity index (χ3n) is 3.83. The topological polar surface area (TPSA) is 68.2 Å². The first-order chi connectivity index (χ1) is 11.0. The van der Waals surface area contributed by atoms with Crippen LogP contribution in [0.15, 0.2) is 30.3 Å². The second-order valence-corrected chi connectivity index (χ2v) is 5.32. The minimum Gasteiger partial charge on any atom is -0.504 e. The molecule has 0 aromatic heterocycles. The number of ether oxygens (including phenoxy) is 3. The van der Waals surface area contributed by atoms with E-state index in [-0.39, 0.29) is 23.4 Å². The van der Waals surface area contributed by atoms with Crippen molar-refractivity contribution in [2.45, 2.75) is 19.4 Å². The highest BCUT2D eigenvalue weighted by Gasteiger charge is 2.17. The molecule has 5 nitrogen and oxygen atoms in total. The Hall–Kier alpha value is -2.40. The van der Waals surface area contributed by atoms with E-state index in [2.05, 4.69) is 0 Å². The van der Waals surface area contributed by atoms with Crippen LogP contribution in [-0.4, -0.2) is 31.5 Å². The number of rotatable bonds is 6. The number of aromatic hydroxyl groups is 2. The molecule has 0 amide bonds. The van der Waals surface area contributed by atoms with Crippen LogP contribution in [0, 0.1) is 6.92 Å². The summed E-state index contributed by atoms with van der Waals surface area (Å²) in [6.45, 7) is 1.99. The van der Waals surface area contributed by atoms with Crippen LogP contribution in [0.1, 0.15) is 22.8 Å². The first kappa shape index (κ1) is 17.0. The van der Waals surface area contributed by atoms with Gasteiger partial charge >= 0.3 is 0 Å². The van der Waals surface area contributed by atoms with Gasteiger partial charge in [-0.2, -0.15) is 0 Å². The number of methoxy groups -OCH3 is 3. The van der Waals surface area contributed by atoms with E-state index in [1.54, 1.807) is 20.3 Å². The van der Waals surface area contributed by atoms with Gasteiger partial charge in [-0.1, -0.05) is 12.1 Å². The van der Waals surface area contributed by atoms with Crippen LogP contribution < -0.4 is 9.47 Å². The van der Waals surface area contributed by atoms with E-state index >= 15 is 0 Å². The molecule has 5 heteroatoms. The highest BCUT2D eigenvalue weighted by molar-refractivity contribution is 5.52. The van der Waals surface area contributed by atoms with Gasteiger partial charge in [-0.05, 0) is 41.8 Å². The van der Waals surface area contributed by atoms with Crippen molar-refractivity contribution in [3.8, 4) is 23.0 Å². The minimum atomic E-state index is -0.275. The SMILES string of the molecule is COc1ccc(C[C@@H](OC)c2cc(O)c(O)c(OC)c2)cc1C. The molecule has 0 aliphatic heterocycles. The average molecular weight is 318 g/mol. The zero-order valence-corrected chi connectivity index (χ0v) is 13.8. The predicted octanol–water partition coefficient (Wildman–Crippen LogP) is 3.35. The molecule has 0 aliphatic carbocycles. The molecule has 0 saturated carbocycles. The van der Waals surface area contributed by atoms with Crippen LogP contribution in [0.4, 0.5) is 0 Å². The fraction of sp³-hybridized carbons (Fsp3) is 0.333. The number of hydrogen-bond donors (Lipinski definition) is 2. The lowest BCUT2D eigenvalue weighted by atomic mass is 9.99. The normalized spacial score (nSPS) is 12.0. The fourth-order valence-electron chi connectivity index (χ4n) is 2.57. The maximum Gasteiger partial charge on any atom is 0.200 e. The number of phenols is 2. The van der Waals surface area contributed by atoms with Crippen molar-refractivity contribution in [1.82, 2.24) is 0 Å². The van der Waals surface area contributed by atoms with Gasteiger partial charge in [0.05, 0.1) is 20.3 Å². The highest BCUT2D eigenvalue weighted by Crippen LogP contribution is 2.39. The summed E-state index contributed by atoms with van der Waals surface area (Å²) in [7, 11) is 4.69. The van der Waals surface area contributed by atoms with Gasteiger partial charge in [0.1, 0.15) is 5.75 Å². The van der Waals surface area contributed by atoms with Crippen LogP contribution in [0.2, 0.25) is 0 Å². The number of hydrogen-bond acceptors (Lipinski definition) is 5. The third-order valence-corrected chi connectivity index (χ3v) is 3.83. The van der Waals surface area contributed by atoms with Crippen molar-refractivity contribution in [3.05, 3.63) is 47.0 Å². The Bertz CT molecular complexity index is 681. The Morgan fingerprint density at radius 2 is 1.65 bits per heavy atom. The smallest absolute Gasteiger partial charge is 0.200 e. The molecule has 1 atom stereocenters. The molecule has 23 heavy (non-hydrogen) atoms. The zero-order chi connectivity index (χ0) is 17.0. The van der Waals surface area contributed by atoms with E-state index < -0.39 is 0 Å². The van der Waals surface area contributed by atoms with Crippen molar-refractivity contribution < 1.29 is 24.4 Å². The van der Waals surface area contributed by atoms with Gasteiger partial charge in [0.25, 0.3) is 0 Å². The van der Waals surface area contributed by atoms with Crippen molar-refractivity contribution in [1.29, 1.82) is 0 Å².